The lowest BCUT2D eigenvalue weighted by Gasteiger charge is -2.23. The number of rotatable bonds is 20. The fourth-order valence-corrected chi connectivity index (χ4v) is 3.42. The summed E-state index contributed by atoms with van der Waals surface area (Å²) in [5.41, 5.74) is 11.1. The predicted octanol–water partition coefficient (Wildman–Crippen LogP) is 7.08. The Kier molecular flexibility index (Phi) is 29.9. The lowest BCUT2D eigenvalue weighted by Crippen LogP contribution is -2.37. The lowest BCUT2D eigenvalue weighted by molar-refractivity contribution is -0.118. The maximum atomic E-state index is 10.6. The Balaban J connectivity index is -0.000000560. The highest BCUT2D eigenvalue weighted by molar-refractivity contribution is 7.80. The molecule has 0 saturated carbocycles. The molecule has 0 atom stereocenters. The third-order valence-electron chi connectivity index (χ3n) is 6.35. The van der Waals surface area contributed by atoms with Crippen LogP contribution in [0.4, 0.5) is 0 Å². The Morgan fingerprint density at radius 1 is 0.706 bits per heavy atom. The molecule has 0 aromatic rings. The minimum absolute atomic E-state index is 0.125. The van der Waals surface area contributed by atoms with Gasteiger partial charge < -0.3 is 11.5 Å². The van der Waals surface area contributed by atoms with Crippen molar-refractivity contribution in [3.8, 4) is 0 Å². The maximum absolute atomic E-state index is 10.6. The molecule has 0 aromatic carbocycles. The number of amides is 1. The average Bonchev–Trinajstić information content (AvgIpc) is 2.81. The molecule has 1 amide bonds. The topological polar surface area (TPSA) is 133 Å². The van der Waals surface area contributed by atoms with Crippen molar-refractivity contribution in [3.05, 3.63) is 0 Å². The van der Waals surface area contributed by atoms with E-state index in [4.69, 9.17) is 16.0 Å². The third kappa shape index (κ3) is 35.9. The summed E-state index contributed by atoms with van der Waals surface area (Å²) in [6.45, 7) is 8.71. The molecule has 0 aromatic heterocycles. The molecule has 0 aliphatic rings. The van der Waals surface area contributed by atoms with Crippen LogP contribution in [0.15, 0.2) is 0 Å². The summed E-state index contributed by atoms with van der Waals surface area (Å²) in [7, 11) is -3.29. The zero-order valence-electron chi connectivity index (χ0n) is 23.1. The molecule has 0 spiro atoms. The highest BCUT2D eigenvalue weighted by Crippen LogP contribution is 2.14. The Morgan fingerprint density at radius 2 is 0.971 bits per heavy atom. The summed E-state index contributed by atoms with van der Waals surface area (Å²) in [5.74, 6) is -0.153. The van der Waals surface area contributed by atoms with Gasteiger partial charge in [-0.25, -0.2) is 0 Å². The quantitative estimate of drug-likeness (QED) is 0.118. The van der Waals surface area contributed by atoms with Crippen LogP contribution >= 0.6 is 0 Å². The minimum atomic E-state index is -4.16. The monoisotopic (exact) mass is 510 g/mol. The van der Waals surface area contributed by atoms with Gasteiger partial charge in [0.2, 0.25) is 5.91 Å². The van der Waals surface area contributed by atoms with Crippen molar-refractivity contribution in [1.82, 2.24) is 0 Å². The minimum Gasteiger partial charge on any atom is -0.370 e. The Morgan fingerprint density at radius 3 is 1.15 bits per heavy atom. The number of primary amides is 1. The number of hydrogen-bond donors (Lipinski definition) is 3. The molecule has 208 valence electrons. The molecular formula is C26H58N2O5S. The van der Waals surface area contributed by atoms with E-state index in [1.807, 2.05) is 0 Å². The first-order chi connectivity index (χ1) is 16.0. The van der Waals surface area contributed by atoms with Gasteiger partial charge in [-0.15, -0.1) is 0 Å². The van der Waals surface area contributed by atoms with Crippen LogP contribution in [0.25, 0.3) is 0 Å². The molecule has 7 nitrogen and oxygen atoms in total. The highest BCUT2D eigenvalue weighted by atomic mass is 32.3. The highest BCUT2D eigenvalue weighted by Gasteiger charge is 2.15. The summed E-state index contributed by atoms with van der Waals surface area (Å²) < 4.78 is 29.7. The standard InChI is InChI=1S/C18H37NO.C7H17N.CH4O4S/c1-2-3-4-5-6-7-8-9-10-11-12-13-14-15-16-17-18(19)20;1-4-7(8,5-2)6-3;1-5-6(2,3)4/h2-17H2,1H3,(H2,19,20);4-6,8H2,1-3H3;1H3,(H,2,3,4). The number of unbranched alkanes of at least 4 members (excludes halogenated alkanes) is 14. The SMILES string of the molecule is CCC(N)(CC)CC.CCCCCCCCCCCCCCCCCC(N)=O.COS(=O)(=O)O. The molecule has 0 aliphatic heterocycles. The van der Waals surface area contributed by atoms with Gasteiger partial charge in [0.1, 0.15) is 0 Å². The smallest absolute Gasteiger partial charge is 0.370 e. The van der Waals surface area contributed by atoms with E-state index in [1.54, 1.807) is 0 Å². The maximum Gasteiger partial charge on any atom is 0.397 e. The Bertz CT molecular complexity index is 515. The van der Waals surface area contributed by atoms with Gasteiger partial charge >= 0.3 is 10.4 Å². The van der Waals surface area contributed by atoms with Gasteiger partial charge in [0.25, 0.3) is 0 Å². The molecule has 5 N–H and O–H groups in total. The van der Waals surface area contributed by atoms with E-state index < -0.39 is 10.4 Å². The van der Waals surface area contributed by atoms with E-state index in [1.165, 1.54) is 89.9 Å². The molecule has 34 heavy (non-hydrogen) atoms. The van der Waals surface area contributed by atoms with Crippen molar-refractivity contribution in [2.75, 3.05) is 7.11 Å². The lowest BCUT2D eigenvalue weighted by atomic mass is 9.92. The molecule has 8 heteroatoms. The normalized spacial score (nSPS) is 11.3. The van der Waals surface area contributed by atoms with Gasteiger partial charge in [0, 0.05) is 12.0 Å². The van der Waals surface area contributed by atoms with Gasteiger partial charge in [-0.05, 0) is 25.7 Å². The molecule has 0 aliphatic carbocycles. The van der Waals surface area contributed by atoms with Gasteiger partial charge in [-0.2, -0.15) is 8.42 Å². The van der Waals surface area contributed by atoms with Gasteiger partial charge in [-0.3, -0.25) is 13.5 Å². The number of hydrogen-bond acceptors (Lipinski definition) is 5. The van der Waals surface area contributed by atoms with Crippen LogP contribution < -0.4 is 11.5 Å². The first kappa shape index (κ1) is 37.8. The fraction of sp³-hybridized carbons (Fsp3) is 0.962. The van der Waals surface area contributed by atoms with Crippen molar-refractivity contribution < 1.29 is 21.9 Å². The van der Waals surface area contributed by atoms with Crippen LogP contribution in [0.1, 0.15) is 150 Å². The molecule has 0 bridgehead atoms. The first-order valence-corrected chi connectivity index (χ1v) is 15.0. The van der Waals surface area contributed by atoms with E-state index >= 15 is 0 Å². The average molecular weight is 511 g/mol. The van der Waals surface area contributed by atoms with Gasteiger partial charge in [-0.1, -0.05) is 118 Å². The zero-order chi connectivity index (χ0) is 26.7. The van der Waals surface area contributed by atoms with Crippen molar-refractivity contribution >= 4 is 16.3 Å². The van der Waals surface area contributed by atoms with Crippen LogP contribution in [0, 0.1) is 0 Å². The first-order valence-electron chi connectivity index (χ1n) is 13.6. The molecule has 0 fully saturated rings. The van der Waals surface area contributed by atoms with E-state index in [9.17, 15) is 13.2 Å². The number of carbonyl (C=O) groups excluding carboxylic acids is 1. The van der Waals surface area contributed by atoms with Crippen LogP contribution in [-0.4, -0.2) is 31.5 Å². The Labute approximate surface area is 212 Å². The van der Waals surface area contributed by atoms with Crippen molar-refractivity contribution in [1.29, 1.82) is 0 Å². The largest absolute Gasteiger partial charge is 0.397 e. The second-order valence-corrected chi connectivity index (χ2v) is 10.4. The Hall–Kier alpha value is -0.700. The summed E-state index contributed by atoms with van der Waals surface area (Å²) in [6, 6.07) is 0. The summed E-state index contributed by atoms with van der Waals surface area (Å²) in [6.07, 6.45) is 24.2. The summed E-state index contributed by atoms with van der Waals surface area (Å²) in [4.78, 5) is 10.6. The number of carbonyl (C=O) groups is 1. The van der Waals surface area contributed by atoms with Crippen LogP contribution in [0.2, 0.25) is 0 Å². The van der Waals surface area contributed by atoms with Crippen molar-refractivity contribution in [2.24, 2.45) is 11.5 Å². The third-order valence-corrected chi connectivity index (χ3v) is 6.77. The van der Waals surface area contributed by atoms with E-state index in [0.29, 0.717) is 6.42 Å². The van der Waals surface area contributed by atoms with E-state index in [0.717, 1.165) is 32.8 Å². The molecular weight excluding hydrogens is 452 g/mol. The molecule has 0 rings (SSSR count). The fourth-order valence-electron chi connectivity index (χ4n) is 3.42. The van der Waals surface area contributed by atoms with E-state index in [-0.39, 0.29) is 11.4 Å². The van der Waals surface area contributed by atoms with Gasteiger partial charge in [0.05, 0.1) is 7.11 Å². The number of nitrogens with two attached hydrogens (primary N) is 2. The van der Waals surface area contributed by atoms with Gasteiger partial charge in [0.15, 0.2) is 0 Å². The summed E-state index contributed by atoms with van der Waals surface area (Å²) in [5, 5.41) is 0. The van der Waals surface area contributed by atoms with Crippen molar-refractivity contribution in [2.45, 2.75) is 155 Å². The summed E-state index contributed by atoms with van der Waals surface area (Å²) >= 11 is 0. The van der Waals surface area contributed by atoms with Crippen molar-refractivity contribution in [3.63, 3.8) is 0 Å². The molecule has 0 radical (unpaired) electrons. The second kappa shape index (κ2) is 26.9. The van der Waals surface area contributed by atoms with Crippen LogP contribution in [-0.2, 0) is 19.4 Å². The molecule has 0 unspecified atom stereocenters. The zero-order valence-corrected chi connectivity index (χ0v) is 23.9. The molecule has 0 heterocycles. The van der Waals surface area contributed by atoms with E-state index in [2.05, 4.69) is 31.9 Å². The van der Waals surface area contributed by atoms with Crippen LogP contribution in [0.5, 0.6) is 0 Å². The van der Waals surface area contributed by atoms with Crippen LogP contribution in [0.3, 0.4) is 0 Å². The predicted molar refractivity (Wildman–Crippen MR) is 145 cm³/mol. The second-order valence-electron chi connectivity index (χ2n) is 9.18. The molecule has 0 saturated heterocycles.